The Bertz CT molecular complexity index is 248. The molecule has 0 bridgehead atoms. The molecule has 0 spiro atoms. The highest BCUT2D eigenvalue weighted by Gasteiger charge is 2.25. The molecule has 5 nitrogen and oxygen atoms in total. The summed E-state index contributed by atoms with van der Waals surface area (Å²) in [7, 11) is 1.88. The van der Waals surface area contributed by atoms with Crippen molar-refractivity contribution in [3.05, 3.63) is 0 Å². The second kappa shape index (κ2) is 10.4. The quantitative estimate of drug-likeness (QED) is 0.714. The molecule has 1 rings (SSSR count). The van der Waals surface area contributed by atoms with Crippen LogP contribution in [0.25, 0.3) is 0 Å². The van der Waals surface area contributed by atoms with E-state index in [-0.39, 0.29) is 24.4 Å². The van der Waals surface area contributed by atoms with Crippen molar-refractivity contribution in [2.45, 2.75) is 38.8 Å². The standard InChI is InChI=1S/C13H26N2O3.ClH/c1-4-17-9-10-18-11(2)13(16)15(3)12-5-7-14-8-6-12;/h11-12,14H,4-10H2,1-3H3;1H. The summed E-state index contributed by atoms with van der Waals surface area (Å²) in [6, 6.07) is 0.344. The minimum atomic E-state index is -0.384. The second-order valence-electron chi connectivity index (χ2n) is 4.64. The van der Waals surface area contributed by atoms with E-state index in [9.17, 15) is 4.79 Å². The van der Waals surface area contributed by atoms with Gasteiger partial charge in [0, 0.05) is 19.7 Å². The van der Waals surface area contributed by atoms with Gasteiger partial charge in [-0.15, -0.1) is 12.4 Å². The van der Waals surface area contributed by atoms with Crippen molar-refractivity contribution in [3.63, 3.8) is 0 Å². The van der Waals surface area contributed by atoms with Crippen molar-refractivity contribution in [2.75, 3.05) is 40.0 Å². The maximum atomic E-state index is 12.1. The third-order valence-corrected chi connectivity index (χ3v) is 3.35. The smallest absolute Gasteiger partial charge is 0.251 e. The fraction of sp³-hybridized carbons (Fsp3) is 0.923. The predicted octanol–water partition coefficient (Wildman–Crippen LogP) is 1.06. The number of nitrogens with one attached hydrogen (secondary N) is 1. The number of carbonyl (C=O) groups excluding carboxylic acids is 1. The molecule has 1 N–H and O–H groups in total. The van der Waals surface area contributed by atoms with Gasteiger partial charge in [0.2, 0.25) is 0 Å². The molecular weight excluding hydrogens is 268 g/mol. The van der Waals surface area contributed by atoms with Crippen LogP contribution in [-0.4, -0.2) is 62.9 Å². The maximum absolute atomic E-state index is 12.1. The van der Waals surface area contributed by atoms with Gasteiger partial charge in [-0.25, -0.2) is 0 Å². The molecule has 0 saturated carbocycles. The average molecular weight is 295 g/mol. The van der Waals surface area contributed by atoms with Crippen molar-refractivity contribution in [3.8, 4) is 0 Å². The molecule has 0 aromatic heterocycles. The largest absolute Gasteiger partial charge is 0.379 e. The SMILES string of the molecule is CCOCCOC(C)C(=O)N(C)C1CCNCC1.Cl. The first-order valence-corrected chi connectivity index (χ1v) is 6.83. The van der Waals surface area contributed by atoms with Crippen LogP contribution in [0.1, 0.15) is 26.7 Å². The van der Waals surface area contributed by atoms with Crippen LogP contribution < -0.4 is 5.32 Å². The van der Waals surface area contributed by atoms with E-state index in [1.165, 1.54) is 0 Å². The number of amides is 1. The van der Waals surface area contributed by atoms with E-state index in [1.54, 1.807) is 0 Å². The van der Waals surface area contributed by atoms with Gasteiger partial charge in [-0.3, -0.25) is 4.79 Å². The molecule has 0 aromatic rings. The summed E-state index contributed by atoms with van der Waals surface area (Å²) >= 11 is 0. The summed E-state index contributed by atoms with van der Waals surface area (Å²) < 4.78 is 10.7. The number of ether oxygens (including phenoxy) is 2. The van der Waals surface area contributed by atoms with Gasteiger partial charge in [-0.1, -0.05) is 0 Å². The molecule has 0 aliphatic carbocycles. The van der Waals surface area contributed by atoms with Gasteiger partial charge in [0.05, 0.1) is 13.2 Å². The Labute approximate surface area is 122 Å². The highest BCUT2D eigenvalue weighted by molar-refractivity contribution is 5.85. The Morgan fingerprint density at radius 1 is 1.37 bits per heavy atom. The van der Waals surface area contributed by atoms with Gasteiger partial charge < -0.3 is 19.7 Å². The maximum Gasteiger partial charge on any atom is 0.251 e. The third kappa shape index (κ3) is 6.56. The Hall–Kier alpha value is -0.360. The van der Waals surface area contributed by atoms with Crippen molar-refractivity contribution in [2.24, 2.45) is 0 Å². The van der Waals surface area contributed by atoms with Gasteiger partial charge in [0.25, 0.3) is 5.91 Å². The number of carbonyl (C=O) groups is 1. The van der Waals surface area contributed by atoms with E-state index >= 15 is 0 Å². The lowest BCUT2D eigenvalue weighted by Gasteiger charge is -2.33. The summed E-state index contributed by atoms with van der Waals surface area (Å²) in [5.74, 6) is 0.0680. The van der Waals surface area contributed by atoms with Crippen LogP contribution in [0.5, 0.6) is 0 Å². The number of hydrogen-bond acceptors (Lipinski definition) is 4. The zero-order valence-electron chi connectivity index (χ0n) is 12.2. The highest BCUT2D eigenvalue weighted by Crippen LogP contribution is 2.11. The fourth-order valence-corrected chi connectivity index (χ4v) is 2.16. The van der Waals surface area contributed by atoms with Crippen LogP contribution in [-0.2, 0) is 14.3 Å². The number of rotatable bonds is 7. The monoisotopic (exact) mass is 294 g/mol. The molecule has 1 aliphatic rings. The van der Waals surface area contributed by atoms with Crippen LogP contribution in [0, 0.1) is 0 Å². The van der Waals surface area contributed by atoms with Gasteiger partial charge in [-0.05, 0) is 39.8 Å². The molecule has 114 valence electrons. The van der Waals surface area contributed by atoms with E-state index in [1.807, 2.05) is 25.8 Å². The molecule has 0 radical (unpaired) electrons. The van der Waals surface area contributed by atoms with Crippen LogP contribution >= 0.6 is 12.4 Å². The van der Waals surface area contributed by atoms with Crippen molar-refractivity contribution in [1.29, 1.82) is 0 Å². The van der Waals surface area contributed by atoms with Crippen LogP contribution in [0.2, 0.25) is 0 Å². The fourth-order valence-electron chi connectivity index (χ4n) is 2.16. The van der Waals surface area contributed by atoms with Crippen molar-refractivity contribution in [1.82, 2.24) is 10.2 Å². The number of hydrogen-bond donors (Lipinski definition) is 1. The summed E-state index contributed by atoms with van der Waals surface area (Å²) in [6.07, 6.45) is 1.66. The van der Waals surface area contributed by atoms with Gasteiger partial charge in [0.15, 0.2) is 0 Å². The molecule has 1 heterocycles. The predicted molar refractivity (Wildman–Crippen MR) is 77.8 cm³/mol. The number of likely N-dealkylation sites (N-methyl/N-ethyl adjacent to an activating group) is 1. The summed E-state index contributed by atoms with van der Waals surface area (Å²) in [4.78, 5) is 14.0. The number of halogens is 1. The number of nitrogens with zero attached hydrogens (tertiary/aromatic N) is 1. The summed E-state index contributed by atoms with van der Waals surface area (Å²) in [6.45, 7) is 7.43. The van der Waals surface area contributed by atoms with E-state index in [0.29, 0.717) is 25.9 Å². The van der Waals surface area contributed by atoms with Crippen molar-refractivity contribution < 1.29 is 14.3 Å². The zero-order valence-corrected chi connectivity index (χ0v) is 13.0. The first-order valence-electron chi connectivity index (χ1n) is 6.83. The lowest BCUT2D eigenvalue weighted by atomic mass is 10.0. The van der Waals surface area contributed by atoms with E-state index < -0.39 is 0 Å². The van der Waals surface area contributed by atoms with Crippen molar-refractivity contribution >= 4 is 18.3 Å². The zero-order chi connectivity index (χ0) is 13.4. The highest BCUT2D eigenvalue weighted by atomic mass is 35.5. The lowest BCUT2D eigenvalue weighted by Crippen LogP contribution is -2.47. The molecule has 1 unspecified atom stereocenters. The molecule has 1 atom stereocenters. The minimum absolute atomic E-state index is 0. The van der Waals surface area contributed by atoms with Crippen LogP contribution in [0.4, 0.5) is 0 Å². The normalized spacial score (nSPS) is 17.6. The molecule has 1 fully saturated rings. The molecule has 19 heavy (non-hydrogen) atoms. The Morgan fingerprint density at radius 2 is 2.00 bits per heavy atom. The lowest BCUT2D eigenvalue weighted by molar-refractivity contribution is -0.144. The number of piperidine rings is 1. The molecule has 1 saturated heterocycles. The molecule has 1 aliphatic heterocycles. The second-order valence-corrected chi connectivity index (χ2v) is 4.64. The van der Waals surface area contributed by atoms with Gasteiger partial charge in [-0.2, -0.15) is 0 Å². The van der Waals surface area contributed by atoms with E-state index in [2.05, 4.69) is 5.32 Å². The topological polar surface area (TPSA) is 50.8 Å². The Morgan fingerprint density at radius 3 is 2.58 bits per heavy atom. The average Bonchev–Trinajstić information content (AvgIpc) is 2.42. The first-order chi connectivity index (χ1) is 8.66. The third-order valence-electron chi connectivity index (χ3n) is 3.35. The molecular formula is C13H27ClN2O3. The molecule has 1 amide bonds. The molecule has 0 aromatic carbocycles. The summed E-state index contributed by atoms with van der Waals surface area (Å²) in [5, 5.41) is 3.30. The Balaban J connectivity index is 0.00000324. The van der Waals surface area contributed by atoms with Crippen LogP contribution in [0.15, 0.2) is 0 Å². The van der Waals surface area contributed by atoms with Gasteiger partial charge >= 0.3 is 0 Å². The first kappa shape index (κ1) is 18.6. The Kier molecular flexibility index (Phi) is 10.2. The van der Waals surface area contributed by atoms with E-state index in [4.69, 9.17) is 9.47 Å². The van der Waals surface area contributed by atoms with E-state index in [0.717, 1.165) is 25.9 Å². The minimum Gasteiger partial charge on any atom is -0.379 e. The van der Waals surface area contributed by atoms with Gasteiger partial charge in [0.1, 0.15) is 6.10 Å². The van der Waals surface area contributed by atoms with Crippen LogP contribution in [0.3, 0.4) is 0 Å². The summed E-state index contributed by atoms with van der Waals surface area (Å²) in [5.41, 5.74) is 0. The molecule has 6 heteroatoms.